The number of aromatic nitrogens is 1. The number of ether oxygens (including phenoxy) is 1. The minimum Gasteiger partial charge on any atom is -0.494 e. The van der Waals surface area contributed by atoms with Crippen molar-refractivity contribution in [1.82, 2.24) is 4.57 Å². The largest absolute Gasteiger partial charge is 0.494 e. The van der Waals surface area contributed by atoms with Gasteiger partial charge in [-0.25, -0.2) is 4.99 Å². The van der Waals surface area contributed by atoms with Crippen LogP contribution in [0.1, 0.15) is 31.0 Å². The summed E-state index contributed by atoms with van der Waals surface area (Å²) in [6.45, 7) is 4.17. The predicted octanol–water partition coefficient (Wildman–Crippen LogP) is 4.18. The number of carbonyl (C=O) groups is 1. The lowest BCUT2D eigenvalue weighted by atomic mass is 9.95. The maximum absolute atomic E-state index is 13.8. The van der Waals surface area contributed by atoms with E-state index in [1.165, 1.54) is 28.0 Å². The topological polar surface area (TPSA) is 116 Å². The van der Waals surface area contributed by atoms with Gasteiger partial charge in [-0.05, 0) is 67.4 Å². The van der Waals surface area contributed by atoms with Gasteiger partial charge < -0.3 is 10.1 Å². The van der Waals surface area contributed by atoms with E-state index in [-0.39, 0.29) is 17.2 Å². The van der Waals surface area contributed by atoms with Crippen molar-refractivity contribution in [3.63, 3.8) is 0 Å². The Morgan fingerprint density at radius 1 is 1.10 bits per heavy atom. The van der Waals surface area contributed by atoms with Crippen molar-refractivity contribution < 1.29 is 14.5 Å². The molecule has 5 rings (SSSR count). The molecule has 1 atom stereocenters. The molecule has 39 heavy (non-hydrogen) atoms. The van der Waals surface area contributed by atoms with Crippen molar-refractivity contribution in [2.45, 2.75) is 19.9 Å². The van der Waals surface area contributed by atoms with Gasteiger partial charge in [0.1, 0.15) is 5.75 Å². The first kappa shape index (κ1) is 25.8. The Morgan fingerprint density at radius 3 is 2.44 bits per heavy atom. The number of hydrogen-bond acceptors (Lipinski definition) is 7. The van der Waals surface area contributed by atoms with Gasteiger partial charge in [-0.3, -0.25) is 24.3 Å². The number of rotatable bonds is 7. The van der Waals surface area contributed by atoms with Crippen molar-refractivity contribution in [1.29, 1.82) is 0 Å². The Bertz CT molecular complexity index is 1760. The molecule has 196 valence electrons. The first-order valence-electron chi connectivity index (χ1n) is 12.2. The van der Waals surface area contributed by atoms with Crippen LogP contribution in [0.25, 0.3) is 6.08 Å². The number of nitrogens with one attached hydrogen (secondary N) is 1. The third-order valence-electron chi connectivity index (χ3n) is 6.21. The molecule has 0 spiro atoms. The van der Waals surface area contributed by atoms with Gasteiger partial charge in [-0.1, -0.05) is 41.7 Å². The van der Waals surface area contributed by atoms with Crippen LogP contribution in [-0.2, 0) is 4.79 Å². The number of benzene rings is 3. The molecule has 0 unspecified atom stereocenters. The van der Waals surface area contributed by atoms with Gasteiger partial charge in [-0.2, -0.15) is 0 Å². The number of nitrogens with zero attached hydrogens (tertiary/aromatic N) is 3. The van der Waals surface area contributed by atoms with Crippen LogP contribution in [0.15, 0.2) is 99.9 Å². The van der Waals surface area contributed by atoms with Crippen molar-refractivity contribution in [3.05, 3.63) is 131 Å². The fourth-order valence-corrected chi connectivity index (χ4v) is 5.45. The Morgan fingerprint density at radius 2 is 1.79 bits per heavy atom. The van der Waals surface area contributed by atoms with Crippen LogP contribution in [0.2, 0.25) is 0 Å². The van der Waals surface area contributed by atoms with E-state index in [9.17, 15) is 19.7 Å². The van der Waals surface area contributed by atoms with Crippen molar-refractivity contribution in [2.24, 2.45) is 4.99 Å². The first-order valence-corrected chi connectivity index (χ1v) is 13.0. The lowest BCUT2D eigenvalue weighted by Gasteiger charge is -2.25. The molecular formula is C29H24N4O5S. The molecule has 0 saturated carbocycles. The smallest absolute Gasteiger partial charge is 0.271 e. The number of thiazole rings is 1. The van der Waals surface area contributed by atoms with Crippen LogP contribution >= 0.6 is 11.3 Å². The van der Waals surface area contributed by atoms with Crippen molar-refractivity contribution in [3.8, 4) is 5.75 Å². The van der Waals surface area contributed by atoms with Crippen LogP contribution in [0.5, 0.6) is 5.75 Å². The quantitative estimate of drug-likeness (QED) is 0.279. The first-order chi connectivity index (χ1) is 18.9. The van der Waals surface area contributed by atoms with E-state index in [0.29, 0.717) is 44.2 Å². The fourth-order valence-electron chi connectivity index (χ4n) is 4.40. The van der Waals surface area contributed by atoms with Crippen molar-refractivity contribution in [2.75, 3.05) is 11.9 Å². The molecule has 1 N–H and O–H groups in total. The average Bonchev–Trinajstić information content (AvgIpc) is 3.23. The molecule has 9 nitrogen and oxygen atoms in total. The number of nitro groups is 1. The molecule has 3 aromatic carbocycles. The number of anilines is 1. The van der Waals surface area contributed by atoms with E-state index >= 15 is 0 Å². The molecule has 0 fully saturated rings. The van der Waals surface area contributed by atoms with Gasteiger partial charge in [0.05, 0.1) is 33.4 Å². The Balaban J connectivity index is 1.63. The minimum absolute atomic E-state index is 0.0335. The molecule has 4 aromatic rings. The van der Waals surface area contributed by atoms with Crippen LogP contribution < -0.4 is 24.9 Å². The Labute approximate surface area is 227 Å². The highest BCUT2D eigenvalue weighted by Gasteiger charge is 2.32. The standard InChI is InChI=1S/C29H24N4O5S/c1-3-38-23-15-11-20(12-16-23)26-25(27(34)31-21-7-5-4-6-8-21)18(2)30-29-32(26)28(35)24(39-29)17-19-9-13-22(14-10-19)33(36)37/h4-17,26H,3H2,1-2H3,(H,31,34)/b24-17-/t26-/m0/s1. The number of allylic oxidation sites excluding steroid dienone is 1. The van der Waals surface area contributed by atoms with E-state index in [4.69, 9.17) is 4.74 Å². The second-order valence-electron chi connectivity index (χ2n) is 8.75. The second-order valence-corrected chi connectivity index (χ2v) is 9.76. The summed E-state index contributed by atoms with van der Waals surface area (Å²) in [4.78, 5) is 43.0. The van der Waals surface area contributed by atoms with E-state index < -0.39 is 11.0 Å². The Kier molecular flexibility index (Phi) is 7.20. The number of para-hydroxylation sites is 1. The molecule has 0 saturated heterocycles. The zero-order valence-corrected chi connectivity index (χ0v) is 22.0. The van der Waals surface area contributed by atoms with Gasteiger partial charge >= 0.3 is 0 Å². The SMILES string of the molecule is CCOc1ccc([C@H]2C(C(=O)Nc3ccccc3)=C(C)N=c3s/c(=C\c4ccc([N+](=O)[O-])cc4)c(=O)n32)cc1. The summed E-state index contributed by atoms with van der Waals surface area (Å²) in [5, 5.41) is 13.9. The van der Waals surface area contributed by atoms with Gasteiger partial charge in [0.25, 0.3) is 17.2 Å². The summed E-state index contributed by atoms with van der Waals surface area (Å²) in [5.41, 5.74) is 2.52. The van der Waals surface area contributed by atoms with E-state index in [1.54, 1.807) is 37.3 Å². The number of nitro benzene ring substituents is 1. The highest BCUT2D eigenvalue weighted by Crippen LogP contribution is 2.31. The number of amides is 1. The molecule has 0 aliphatic carbocycles. The molecule has 0 bridgehead atoms. The highest BCUT2D eigenvalue weighted by atomic mass is 32.1. The van der Waals surface area contributed by atoms with Gasteiger partial charge in [-0.15, -0.1) is 0 Å². The third kappa shape index (κ3) is 5.27. The van der Waals surface area contributed by atoms with Crippen molar-refractivity contribution >= 4 is 34.7 Å². The molecule has 1 aromatic heterocycles. The van der Waals surface area contributed by atoms with Crippen LogP contribution in [-0.4, -0.2) is 22.0 Å². The van der Waals surface area contributed by atoms with E-state index in [0.717, 1.165) is 5.56 Å². The number of hydrogen-bond donors (Lipinski definition) is 1. The summed E-state index contributed by atoms with van der Waals surface area (Å²) in [6, 6.07) is 21.6. The average molecular weight is 541 g/mol. The number of carbonyl (C=O) groups excluding carboxylic acids is 1. The summed E-state index contributed by atoms with van der Waals surface area (Å²) < 4.78 is 7.52. The molecule has 0 radical (unpaired) electrons. The van der Waals surface area contributed by atoms with Gasteiger partial charge in [0, 0.05) is 17.8 Å². The van der Waals surface area contributed by atoms with Crippen LogP contribution in [0.3, 0.4) is 0 Å². The zero-order chi connectivity index (χ0) is 27.5. The normalized spacial score (nSPS) is 14.9. The maximum atomic E-state index is 13.8. The monoisotopic (exact) mass is 540 g/mol. The summed E-state index contributed by atoms with van der Waals surface area (Å²) in [6.07, 6.45) is 1.67. The predicted molar refractivity (Wildman–Crippen MR) is 150 cm³/mol. The van der Waals surface area contributed by atoms with E-state index in [1.807, 2.05) is 49.4 Å². The summed E-state index contributed by atoms with van der Waals surface area (Å²) in [5.74, 6) is 0.328. The lowest BCUT2D eigenvalue weighted by molar-refractivity contribution is -0.384. The van der Waals surface area contributed by atoms with Crippen LogP contribution in [0, 0.1) is 10.1 Å². The van der Waals surface area contributed by atoms with Gasteiger partial charge in [0.2, 0.25) is 0 Å². The zero-order valence-electron chi connectivity index (χ0n) is 21.2. The fraction of sp³-hybridized carbons (Fsp3) is 0.138. The summed E-state index contributed by atoms with van der Waals surface area (Å²) in [7, 11) is 0. The number of fused-ring (bicyclic) bond motifs is 1. The molecule has 10 heteroatoms. The summed E-state index contributed by atoms with van der Waals surface area (Å²) >= 11 is 1.20. The van der Waals surface area contributed by atoms with Gasteiger partial charge in [0.15, 0.2) is 4.80 Å². The molecule has 1 aliphatic rings. The third-order valence-corrected chi connectivity index (χ3v) is 7.19. The lowest BCUT2D eigenvalue weighted by Crippen LogP contribution is -2.40. The molecule has 1 amide bonds. The Hall–Kier alpha value is -4.83. The number of non-ortho nitro benzene ring substituents is 1. The minimum atomic E-state index is -0.723. The van der Waals surface area contributed by atoms with E-state index in [2.05, 4.69) is 10.3 Å². The highest BCUT2D eigenvalue weighted by molar-refractivity contribution is 7.07. The van der Waals surface area contributed by atoms with Crippen LogP contribution in [0.4, 0.5) is 11.4 Å². The second kappa shape index (κ2) is 10.9. The molecule has 1 aliphatic heterocycles. The molecule has 2 heterocycles. The molecular weight excluding hydrogens is 516 g/mol. The maximum Gasteiger partial charge on any atom is 0.271 e.